The van der Waals surface area contributed by atoms with Crippen LogP contribution in [0.25, 0.3) is 0 Å². The zero-order valence-electron chi connectivity index (χ0n) is 7.46. The van der Waals surface area contributed by atoms with Crippen molar-refractivity contribution in [2.75, 3.05) is 12.8 Å². The van der Waals surface area contributed by atoms with Crippen molar-refractivity contribution in [3.8, 4) is 0 Å². The van der Waals surface area contributed by atoms with Crippen molar-refractivity contribution in [3.05, 3.63) is 29.8 Å². The van der Waals surface area contributed by atoms with E-state index >= 15 is 0 Å². The highest BCUT2D eigenvalue weighted by Gasteiger charge is 1.99. The second-order valence-corrected chi connectivity index (χ2v) is 5.39. The predicted molar refractivity (Wildman–Crippen MR) is 54.2 cm³/mol. The Hall–Kier alpha value is -0.350. The summed E-state index contributed by atoms with van der Waals surface area (Å²) in [4.78, 5) is 0. The third kappa shape index (κ3) is 2.31. The van der Waals surface area contributed by atoms with E-state index in [2.05, 4.69) is 44.8 Å². The van der Waals surface area contributed by atoms with E-state index in [1.54, 1.807) is 0 Å². The molecule has 0 radical (unpaired) electrons. The lowest BCUT2D eigenvalue weighted by molar-refractivity contribution is 1.47. The molecule has 0 aliphatic rings. The number of benzene rings is 1. The van der Waals surface area contributed by atoms with Crippen molar-refractivity contribution in [3.63, 3.8) is 0 Å². The standard InChI is InChI=1S/C10H15P/c1-4-11(3)10-7-5-9(2)6-8-10/h5-8H,4H2,1-3H3. The van der Waals surface area contributed by atoms with E-state index in [1.807, 2.05) is 0 Å². The van der Waals surface area contributed by atoms with Crippen LogP contribution in [0.4, 0.5) is 0 Å². The van der Waals surface area contributed by atoms with Gasteiger partial charge >= 0.3 is 0 Å². The van der Waals surface area contributed by atoms with E-state index in [1.165, 1.54) is 17.0 Å². The molecule has 0 N–H and O–H groups in total. The van der Waals surface area contributed by atoms with E-state index in [0.29, 0.717) is 0 Å². The Morgan fingerprint density at radius 2 is 1.73 bits per heavy atom. The second kappa shape index (κ2) is 3.88. The van der Waals surface area contributed by atoms with E-state index in [0.717, 1.165) is 0 Å². The van der Waals surface area contributed by atoms with Gasteiger partial charge in [-0.1, -0.05) is 44.7 Å². The van der Waals surface area contributed by atoms with Gasteiger partial charge in [0.05, 0.1) is 0 Å². The second-order valence-electron chi connectivity index (χ2n) is 2.85. The fourth-order valence-corrected chi connectivity index (χ4v) is 2.00. The summed E-state index contributed by atoms with van der Waals surface area (Å²) in [7, 11) is 0.114. The van der Waals surface area contributed by atoms with Crippen LogP contribution in [0.2, 0.25) is 0 Å². The lowest BCUT2D eigenvalue weighted by atomic mass is 10.2. The van der Waals surface area contributed by atoms with Crippen LogP contribution in [0.1, 0.15) is 12.5 Å². The molecule has 1 heteroatoms. The van der Waals surface area contributed by atoms with Gasteiger partial charge < -0.3 is 0 Å². The molecule has 1 atom stereocenters. The molecule has 0 aliphatic heterocycles. The first kappa shape index (κ1) is 8.74. The minimum atomic E-state index is 0.114. The Labute approximate surface area is 70.4 Å². The molecule has 0 amide bonds. The fourth-order valence-electron chi connectivity index (χ4n) is 0.982. The molecule has 1 unspecified atom stereocenters. The van der Waals surface area contributed by atoms with Gasteiger partial charge in [-0.2, -0.15) is 0 Å². The van der Waals surface area contributed by atoms with Gasteiger partial charge in [-0.25, -0.2) is 0 Å². The molecule has 0 saturated heterocycles. The van der Waals surface area contributed by atoms with Crippen molar-refractivity contribution in [1.29, 1.82) is 0 Å². The van der Waals surface area contributed by atoms with Crippen molar-refractivity contribution in [1.82, 2.24) is 0 Å². The predicted octanol–water partition coefficient (Wildman–Crippen LogP) is 2.75. The van der Waals surface area contributed by atoms with Crippen molar-refractivity contribution in [2.24, 2.45) is 0 Å². The largest absolute Gasteiger partial charge is 0.0788 e. The van der Waals surface area contributed by atoms with Crippen LogP contribution in [0.15, 0.2) is 24.3 Å². The fraction of sp³-hybridized carbons (Fsp3) is 0.400. The first-order valence-corrected chi connectivity index (χ1v) is 5.99. The normalized spacial score (nSPS) is 13.0. The summed E-state index contributed by atoms with van der Waals surface area (Å²) in [5.41, 5.74) is 1.35. The third-order valence-corrected chi connectivity index (χ3v) is 4.08. The van der Waals surface area contributed by atoms with Crippen molar-refractivity contribution < 1.29 is 0 Å². The minimum absolute atomic E-state index is 0.114. The average molecular weight is 166 g/mol. The summed E-state index contributed by atoms with van der Waals surface area (Å²) in [6.07, 6.45) is 1.29. The molecule has 0 heterocycles. The number of rotatable bonds is 2. The molecule has 60 valence electrons. The highest BCUT2D eigenvalue weighted by molar-refractivity contribution is 7.64. The molecule has 0 aliphatic carbocycles. The van der Waals surface area contributed by atoms with E-state index < -0.39 is 0 Å². The molecule has 0 bridgehead atoms. The summed E-state index contributed by atoms with van der Waals surface area (Å²) in [5, 5.41) is 1.52. The third-order valence-electron chi connectivity index (χ3n) is 1.95. The SMILES string of the molecule is CCP(C)c1ccc(C)cc1. The molecular formula is C10H15P. The summed E-state index contributed by atoms with van der Waals surface area (Å²) in [6, 6.07) is 8.91. The van der Waals surface area contributed by atoms with Crippen LogP contribution in [-0.2, 0) is 0 Å². The maximum Gasteiger partial charge on any atom is -0.0243 e. The molecule has 0 saturated carbocycles. The van der Waals surface area contributed by atoms with Crippen LogP contribution in [-0.4, -0.2) is 12.8 Å². The Morgan fingerprint density at radius 1 is 1.18 bits per heavy atom. The van der Waals surface area contributed by atoms with Crippen LogP contribution in [0, 0.1) is 6.92 Å². The Bertz CT molecular complexity index is 213. The molecule has 0 nitrogen and oxygen atoms in total. The number of hydrogen-bond donors (Lipinski definition) is 0. The van der Waals surface area contributed by atoms with Crippen LogP contribution in [0.3, 0.4) is 0 Å². The van der Waals surface area contributed by atoms with Crippen LogP contribution in [0.5, 0.6) is 0 Å². The zero-order chi connectivity index (χ0) is 8.27. The van der Waals surface area contributed by atoms with Crippen molar-refractivity contribution >= 4 is 13.2 Å². The first-order chi connectivity index (χ1) is 5.24. The Balaban J connectivity index is 2.81. The summed E-state index contributed by atoms with van der Waals surface area (Å²) in [6.45, 7) is 6.72. The van der Waals surface area contributed by atoms with Gasteiger partial charge in [-0.3, -0.25) is 0 Å². The highest BCUT2D eigenvalue weighted by atomic mass is 31.1. The number of hydrogen-bond acceptors (Lipinski definition) is 0. The van der Waals surface area contributed by atoms with Gasteiger partial charge in [0.2, 0.25) is 0 Å². The molecule has 1 aromatic rings. The smallest absolute Gasteiger partial charge is 0.0243 e. The lowest BCUT2D eigenvalue weighted by Crippen LogP contribution is -1.99. The van der Waals surface area contributed by atoms with Gasteiger partial charge in [-0.15, -0.1) is 0 Å². The summed E-state index contributed by atoms with van der Waals surface area (Å²) < 4.78 is 0. The molecule has 1 aromatic carbocycles. The molecule has 11 heavy (non-hydrogen) atoms. The molecular weight excluding hydrogens is 151 g/mol. The first-order valence-electron chi connectivity index (χ1n) is 4.02. The Kier molecular flexibility index (Phi) is 3.08. The molecule has 0 spiro atoms. The molecule has 0 fully saturated rings. The Morgan fingerprint density at radius 3 is 2.18 bits per heavy atom. The minimum Gasteiger partial charge on any atom is -0.0788 e. The maximum absolute atomic E-state index is 2.33. The van der Waals surface area contributed by atoms with E-state index in [4.69, 9.17) is 0 Å². The topological polar surface area (TPSA) is 0 Å². The molecule has 0 aromatic heterocycles. The molecule has 1 rings (SSSR count). The van der Waals surface area contributed by atoms with E-state index in [-0.39, 0.29) is 7.92 Å². The van der Waals surface area contributed by atoms with Crippen LogP contribution >= 0.6 is 7.92 Å². The van der Waals surface area contributed by atoms with Crippen molar-refractivity contribution in [2.45, 2.75) is 13.8 Å². The summed E-state index contributed by atoms with van der Waals surface area (Å²) >= 11 is 0. The average Bonchev–Trinajstić information content (AvgIpc) is 2.05. The van der Waals surface area contributed by atoms with Gasteiger partial charge in [0.1, 0.15) is 0 Å². The monoisotopic (exact) mass is 166 g/mol. The van der Waals surface area contributed by atoms with Gasteiger partial charge in [-0.05, 0) is 25.1 Å². The quantitative estimate of drug-likeness (QED) is 0.592. The summed E-state index contributed by atoms with van der Waals surface area (Å²) in [5.74, 6) is 0. The zero-order valence-corrected chi connectivity index (χ0v) is 8.36. The lowest BCUT2D eigenvalue weighted by Gasteiger charge is -2.08. The van der Waals surface area contributed by atoms with Gasteiger partial charge in [0, 0.05) is 0 Å². The number of aryl methyl sites for hydroxylation is 1. The van der Waals surface area contributed by atoms with Gasteiger partial charge in [0.25, 0.3) is 0 Å². The highest BCUT2D eigenvalue weighted by Crippen LogP contribution is 2.27. The van der Waals surface area contributed by atoms with Crippen LogP contribution < -0.4 is 5.30 Å². The maximum atomic E-state index is 2.33. The van der Waals surface area contributed by atoms with E-state index in [9.17, 15) is 0 Å². The van der Waals surface area contributed by atoms with Gasteiger partial charge in [0.15, 0.2) is 0 Å².